The van der Waals surface area contributed by atoms with E-state index in [1.54, 1.807) is 66.3 Å². The molecule has 0 spiro atoms. The Hall–Kier alpha value is -11.0. The Labute approximate surface area is 476 Å². The first-order valence-electron chi connectivity index (χ1n) is 28.0. The predicted octanol–water partition coefficient (Wildman–Crippen LogP) is 8.12. The average Bonchev–Trinajstić information content (AvgIpc) is 1.94. The standard InChI is InChI=1S/C61H45FN18O5/c62-37-10-7-17-50-53(37)48(79-54-42(69-59(79)82)28-64-57(71-54)74-31-67-39-12-2-5-15-44(39)74)27-52(85-50)78-46-22-23-51(73-30-66-38-11-1-4-14-43(38)73)70-55(46)80(61(78)84)47-26-34(25-41-36(47)9-8-24-63-41)76-49-29-65-58(75-32-68-40-13-3-6-16-45(40)75)72-56(49)77(60(76)83)33-18-20-35(81)21-19-33/h1-17,22-24,28-34,47-48,52H,18-21,25-27H2,(H,69,82). The molecule has 0 radical (unpaired) electrons. The Kier molecular flexibility index (Phi) is 10.6. The number of aromatic amines is 1. The van der Waals surface area contributed by atoms with Crippen LogP contribution in [0.4, 0.5) is 4.39 Å². The average molecular weight is 1130 g/mol. The van der Waals surface area contributed by atoms with Crippen molar-refractivity contribution in [1.82, 2.24) is 86.4 Å². The van der Waals surface area contributed by atoms with Gasteiger partial charge in [0.1, 0.15) is 53.2 Å². The quantitative estimate of drug-likeness (QED) is 0.151. The molecule has 0 saturated heterocycles. The number of ether oxygens (including phenoxy) is 1. The maximum atomic E-state index is 16.6. The van der Waals surface area contributed by atoms with E-state index in [0.717, 1.165) is 33.1 Å². The van der Waals surface area contributed by atoms with Gasteiger partial charge in [0.15, 0.2) is 23.2 Å². The largest absolute Gasteiger partial charge is 0.469 e. The van der Waals surface area contributed by atoms with Crippen molar-refractivity contribution in [1.29, 1.82) is 0 Å². The van der Waals surface area contributed by atoms with E-state index >= 15 is 14.0 Å². The summed E-state index contributed by atoms with van der Waals surface area (Å²) in [6.07, 6.45) is 10.7. The van der Waals surface area contributed by atoms with Crippen LogP contribution in [0.25, 0.3) is 84.3 Å². The van der Waals surface area contributed by atoms with Gasteiger partial charge in [-0.25, -0.2) is 48.7 Å². The molecule has 85 heavy (non-hydrogen) atoms. The summed E-state index contributed by atoms with van der Waals surface area (Å²) in [5, 5.41) is 0. The number of nitrogens with zero attached hydrogens (tertiary/aromatic N) is 17. The van der Waals surface area contributed by atoms with Gasteiger partial charge in [0.25, 0.3) is 0 Å². The number of hydrogen-bond donors (Lipinski definition) is 1. The topological polar surface area (TPSA) is 249 Å². The van der Waals surface area contributed by atoms with Crippen molar-refractivity contribution >= 4 is 72.4 Å². The fraction of sp³-hybridized carbons (Fsp3) is 0.197. The highest BCUT2D eigenvalue weighted by Crippen LogP contribution is 2.45. The van der Waals surface area contributed by atoms with Gasteiger partial charge < -0.3 is 9.72 Å². The summed E-state index contributed by atoms with van der Waals surface area (Å²) in [5.74, 6) is 0.681. The second kappa shape index (κ2) is 18.5. The number of aromatic nitrogens is 18. The molecule has 17 rings (SSSR count). The Balaban J connectivity index is 0.843. The van der Waals surface area contributed by atoms with E-state index in [-0.39, 0.29) is 58.9 Å². The number of para-hydroxylation sites is 6. The summed E-state index contributed by atoms with van der Waals surface area (Å²) in [4.78, 5) is 105. The number of imidazole rings is 6. The van der Waals surface area contributed by atoms with Crippen molar-refractivity contribution in [2.75, 3.05) is 0 Å². The van der Waals surface area contributed by atoms with Crippen LogP contribution in [0.2, 0.25) is 0 Å². The lowest BCUT2D eigenvalue weighted by molar-refractivity contribution is -0.120. The number of benzene rings is 4. The molecule has 2 aliphatic carbocycles. The predicted molar refractivity (Wildman–Crippen MR) is 309 cm³/mol. The number of H-pyrrole nitrogens is 1. The number of halogens is 1. The van der Waals surface area contributed by atoms with Gasteiger partial charge in [-0.15, -0.1) is 0 Å². The van der Waals surface area contributed by atoms with Crippen molar-refractivity contribution in [3.05, 3.63) is 207 Å². The van der Waals surface area contributed by atoms with Crippen LogP contribution >= 0.6 is 0 Å². The highest BCUT2D eigenvalue weighted by molar-refractivity contribution is 5.82. The van der Waals surface area contributed by atoms with E-state index in [4.69, 9.17) is 29.7 Å². The molecule has 4 unspecified atom stereocenters. The Morgan fingerprint density at radius 2 is 1.16 bits per heavy atom. The lowest BCUT2D eigenvalue weighted by Gasteiger charge is -2.33. The molecule has 3 aliphatic rings. The molecular weight excluding hydrogens is 1080 g/mol. The van der Waals surface area contributed by atoms with Gasteiger partial charge in [0.05, 0.1) is 68.7 Å². The molecule has 1 saturated carbocycles. The number of carbonyl (C=O) groups excluding carboxylic acids is 1. The minimum atomic E-state index is -1.16. The Morgan fingerprint density at radius 1 is 0.518 bits per heavy atom. The number of ketones is 1. The summed E-state index contributed by atoms with van der Waals surface area (Å²) in [6.45, 7) is 0. The van der Waals surface area contributed by atoms with Gasteiger partial charge in [0.2, 0.25) is 11.9 Å². The molecule has 1 fully saturated rings. The number of rotatable bonds is 8. The molecule has 4 aromatic carbocycles. The van der Waals surface area contributed by atoms with E-state index in [1.807, 2.05) is 95.6 Å². The maximum absolute atomic E-state index is 16.6. The van der Waals surface area contributed by atoms with Crippen LogP contribution in [0.5, 0.6) is 5.75 Å². The van der Waals surface area contributed by atoms with Gasteiger partial charge in [-0.1, -0.05) is 48.5 Å². The molecule has 0 bridgehead atoms. The van der Waals surface area contributed by atoms with Gasteiger partial charge in [0, 0.05) is 49.7 Å². The first kappa shape index (κ1) is 48.6. The number of fused-ring (bicyclic) bond motifs is 8. The summed E-state index contributed by atoms with van der Waals surface area (Å²) in [7, 11) is 0. The SMILES string of the molecule is O=C1CCC(n2c(=O)n(C3Cc4ncccc4C(n4c(=O)n(C5CC(n6c(=O)[nH]c7cnc(-n8cnc9ccccc98)nc76)c6c(F)cccc6O5)c5ccc(-n6cnc7ccccc76)nc54)C3)c3cnc(-n4cnc5ccccc54)nc32)CC1. The fourth-order valence-corrected chi connectivity index (χ4v) is 13.4. The normalized spacial score (nSPS) is 18.3. The molecule has 23 nitrogen and oxygen atoms in total. The van der Waals surface area contributed by atoms with Crippen LogP contribution in [0, 0.1) is 5.82 Å². The lowest BCUT2D eigenvalue weighted by atomic mass is 9.87. The monoisotopic (exact) mass is 1130 g/mol. The van der Waals surface area contributed by atoms with Crippen molar-refractivity contribution in [3.63, 3.8) is 0 Å². The minimum Gasteiger partial charge on any atom is -0.469 e. The zero-order chi connectivity index (χ0) is 56.8. The molecule has 4 atom stereocenters. The first-order chi connectivity index (χ1) is 41.7. The zero-order valence-electron chi connectivity index (χ0n) is 44.8. The third-order valence-electron chi connectivity index (χ3n) is 17.3. The van der Waals surface area contributed by atoms with E-state index in [9.17, 15) is 9.59 Å². The number of hydrogen-bond acceptors (Lipinski definition) is 14. The number of nitrogens with one attached hydrogen (secondary N) is 1. The Morgan fingerprint density at radius 3 is 1.89 bits per heavy atom. The van der Waals surface area contributed by atoms with E-state index in [2.05, 4.69) is 24.9 Å². The van der Waals surface area contributed by atoms with Crippen LogP contribution in [0.3, 0.4) is 0 Å². The summed E-state index contributed by atoms with van der Waals surface area (Å²) in [5.41, 5.74) is 6.69. The molecule has 416 valence electrons. The van der Waals surface area contributed by atoms with Crippen LogP contribution in [-0.2, 0) is 11.2 Å². The van der Waals surface area contributed by atoms with Gasteiger partial charge >= 0.3 is 17.1 Å². The fourth-order valence-electron chi connectivity index (χ4n) is 13.4. The van der Waals surface area contributed by atoms with Crippen molar-refractivity contribution in [2.45, 2.75) is 75.3 Å². The minimum absolute atomic E-state index is 0.105. The molecule has 24 heteroatoms. The van der Waals surface area contributed by atoms with Crippen molar-refractivity contribution in [3.8, 4) is 23.5 Å². The second-order valence-corrected chi connectivity index (χ2v) is 21.8. The molecule has 10 aromatic heterocycles. The third kappa shape index (κ3) is 7.39. The summed E-state index contributed by atoms with van der Waals surface area (Å²) in [6, 6.07) is 31.9. The lowest BCUT2D eigenvalue weighted by Crippen LogP contribution is -2.39. The number of pyridine rings is 2. The molecule has 11 heterocycles. The van der Waals surface area contributed by atoms with Crippen LogP contribution in [-0.4, -0.2) is 92.2 Å². The Bertz CT molecular complexity index is 5300. The highest BCUT2D eigenvalue weighted by atomic mass is 19.1. The van der Waals surface area contributed by atoms with E-state index < -0.39 is 41.6 Å². The molecule has 14 aromatic rings. The van der Waals surface area contributed by atoms with E-state index in [0.29, 0.717) is 77.3 Å². The van der Waals surface area contributed by atoms with Crippen LogP contribution in [0.15, 0.2) is 167 Å². The first-order valence-corrected chi connectivity index (χ1v) is 28.0. The van der Waals surface area contributed by atoms with E-state index in [1.165, 1.54) is 27.5 Å². The van der Waals surface area contributed by atoms with Gasteiger partial charge in [-0.2, -0.15) is 9.97 Å². The number of carbonyl (C=O) groups is 1. The third-order valence-corrected chi connectivity index (χ3v) is 17.3. The zero-order valence-corrected chi connectivity index (χ0v) is 44.8. The van der Waals surface area contributed by atoms with Crippen LogP contribution < -0.4 is 21.8 Å². The summed E-state index contributed by atoms with van der Waals surface area (Å²) < 4.78 is 36.8. The molecule has 1 N–H and O–H groups in total. The smallest absolute Gasteiger partial charge is 0.333 e. The van der Waals surface area contributed by atoms with Gasteiger partial charge in [-0.05, 0) is 91.6 Å². The molecular formula is C61H45FN18O5. The maximum Gasteiger partial charge on any atom is 0.333 e. The molecule has 0 amide bonds. The van der Waals surface area contributed by atoms with Gasteiger partial charge in [-0.3, -0.25) is 46.3 Å². The second-order valence-electron chi connectivity index (χ2n) is 21.8. The highest BCUT2D eigenvalue weighted by Gasteiger charge is 2.41. The molecule has 1 aliphatic heterocycles. The summed E-state index contributed by atoms with van der Waals surface area (Å²) >= 11 is 0. The van der Waals surface area contributed by atoms with Crippen molar-refractivity contribution < 1.29 is 13.9 Å². The van der Waals surface area contributed by atoms with Crippen LogP contribution in [0.1, 0.15) is 85.7 Å². The van der Waals surface area contributed by atoms with Crippen molar-refractivity contribution in [2.24, 2.45) is 0 Å². The number of Topliss-reactive ketones (excluding diaryl/α,β-unsaturated/α-hetero) is 1.